The van der Waals surface area contributed by atoms with Gasteiger partial charge >= 0.3 is 5.97 Å². The van der Waals surface area contributed by atoms with Crippen LogP contribution in [0.25, 0.3) is 0 Å². The van der Waals surface area contributed by atoms with Crippen molar-refractivity contribution in [1.82, 2.24) is 10.2 Å². The number of carbonyl (C=O) groups is 1. The molecule has 7 nitrogen and oxygen atoms in total. The SMILES string of the molecule is CCOC(=O)c1c(NC(C)c2cn[nH]c2)sc(C#N)c1N. The molecular weight excluding hydrogens is 290 g/mol. The lowest BCUT2D eigenvalue weighted by molar-refractivity contribution is 0.0529. The first kappa shape index (κ1) is 14.9. The van der Waals surface area contributed by atoms with Crippen LogP contribution in [0.4, 0.5) is 10.7 Å². The summed E-state index contributed by atoms with van der Waals surface area (Å²) in [5.41, 5.74) is 7.17. The third-order valence-corrected chi connectivity index (χ3v) is 3.93. The highest BCUT2D eigenvalue weighted by Crippen LogP contribution is 2.37. The zero-order valence-electron chi connectivity index (χ0n) is 11.6. The lowest BCUT2D eigenvalue weighted by Crippen LogP contribution is -2.11. The Morgan fingerprint density at radius 3 is 3.05 bits per heavy atom. The van der Waals surface area contributed by atoms with Crippen LogP contribution in [0, 0.1) is 11.3 Å². The van der Waals surface area contributed by atoms with E-state index in [4.69, 9.17) is 15.7 Å². The highest BCUT2D eigenvalue weighted by molar-refractivity contribution is 7.17. The molecule has 8 heteroatoms. The Bertz CT molecular complexity index is 672. The molecule has 1 unspecified atom stereocenters. The first-order valence-corrected chi connectivity index (χ1v) is 7.14. The Balaban J connectivity index is 2.34. The van der Waals surface area contributed by atoms with Crippen molar-refractivity contribution in [2.45, 2.75) is 19.9 Å². The topological polar surface area (TPSA) is 117 Å². The molecule has 0 fully saturated rings. The lowest BCUT2D eigenvalue weighted by atomic mass is 10.2. The number of nitrogens with zero attached hydrogens (tertiary/aromatic N) is 2. The van der Waals surface area contributed by atoms with Crippen LogP contribution < -0.4 is 11.1 Å². The fourth-order valence-electron chi connectivity index (χ4n) is 1.81. The van der Waals surface area contributed by atoms with Gasteiger partial charge in [-0.25, -0.2) is 4.79 Å². The molecule has 110 valence electrons. The zero-order valence-corrected chi connectivity index (χ0v) is 12.5. The van der Waals surface area contributed by atoms with Crippen molar-refractivity contribution in [3.8, 4) is 6.07 Å². The standard InChI is InChI=1S/C13H15N5O2S/c1-3-20-13(19)10-11(15)9(4-14)21-12(10)18-7(2)8-5-16-17-6-8/h5-7,18H,3,15H2,1-2H3,(H,16,17). The van der Waals surface area contributed by atoms with E-state index in [1.807, 2.05) is 13.0 Å². The van der Waals surface area contributed by atoms with Crippen molar-refractivity contribution in [3.05, 3.63) is 28.4 Å². The zero-order chi connectivity index (χ0) is 15.4. The number of carbonyl (C=O) groups excluding carboxylic acids is 1. The molecule has 2 aromatic rings. The maximum absolute atomic E-state index is 12.0. The summed E-state index contributed by atoms with van der Waals surface area (Å²) in [6, 6.07) is 1.89. The van der Waals surface area contributed by atoms with Crippen molar-refractivity contribution >= 4 is 28.0 Å². The van der Waals surface area contributed by atoms with Crippen LogP contribution >= 0.6 is 11.3 Å². The van der Waals surface area contributed by atoms with E-state index < -0.39 is 5.97 Å². The van der Waals surface area contributed by atoms with Gasteiger partial charge in [0.2, 0.25) is 0 Å². The van der Waals surface area contributed by atoms with Crippen molar-refractivity contribution in [2.24, 2.45) is 0 Å². The third-order valence-electron chi connectivity index (χ3n) is 2.89. The van der Waals surface area contributed by atoms with Gasteiger partial charge in [0, 0.05) is 11.8 Å². The number of ether oxygens (including phenoxy) is 1. The summed E-state index contributed by atoms with van der Waals surface area (Å²) in [6.45, 7) is 3.88. The Kier molecular flexibility index (Phi) is 4.45. The van der Waals surface area contributed by atoms with Gasteiger partial charge in [-0.2, -0.15) is 10.4 Å². The molecule has 0 aromatic carbocycles. The normalized spacial score (nSPS) is 11.7. The monoisotopic (exact) mass is 305 g/mol. The minimum absolute atomic E-state index is 0.0958. The molecule has 2 aromatic heterocycles. The summed E-state index contributed by atoms with van der Waals surface area (Å²) >= 11 is 1.14. The molecule has 1 atom stereocenters. The highest BCUT2D eigenvalue weighted by Gasteiger charge is 2.24. The van der Waals surface area contributed by atoms with Crippen LogP contribution in [0.5, 0.6) is 0 Å². The van der Waals surface area contributed by atoms with E-state index in [9.17, 15) is 4.79 Å². The van der Waals surface area contributed by atoms with E-state index in [0.717, 1.165) is 16.9 Å². The Morgan fingerprint density at radius 1 is 1.71 bits per heavy atom. The number of nitrogens with two attached hydrogens (primary N) is 1. The second-order valence-corrected chi connectivity index (χ2v) is 5.30. The second kappa shape index (κ2) is 6.28. The summed E-state index contributed by atoms with van der Waals surface area (Å²) < 4.78 is 5.00. The summed E-state index contributed by atoms with van der Waals surface area (Å²) in [7, 11) is 0. The van der Waals surface area contributed by atoms with Gasteiger partial charge in [0.25, 0.3) is 0 Å². The van der Waals surface area contributed by atoms with Crippen LogP contribution in [0.15, 0.2) is 12.4 Å². The lowest BCUT2D eigenvalue weighted by Gasteiger charge is -2.13. The number of rotatable bonds is 5. The number of aromatic nitrogens is 2. The van der Waals surface area contributed by atoms with Gasteiger partial charge in [-0.3, -0.25) is 5.10 Å². The van der Waals surface area contributed by atoms with E-state index in [0.29, 0.717) is 9.88 Å². The van der Waals surface area contributed by atoms with Crippen LogP contribution in [-0.4, -0.2) is 22.8 Å². The number of H-pyrrole nitrogens is 1. The molecule has 0 saturated carbocycles. The maximum atomic E-state index is 12.0. The number of thiophene rings is 1. The third kappa shape index (κ3) is 2.98. The fourth-order valence-corrected chi connectivity index (χ4v) is 2.81. The first-order valence-electron chi connectivity index (χ1n) is 6.33. The number of anilines is 2. The predicted molar refractivity (Wildman–Crippen MR) is 80.0 cm³/mol. The van der Waals surface area contributed by atoms with Crippen molar-refractivity contribution in [2.75, 3.05) is 17.7 Å². The van der Waals surface area contributed by atoms with Gasteiger partial charge in [0.1, 0.15) is 21.5 Å². The number of aromatic amines is 1. The van der Waals surface area contributed by atoms with E-state index >= 15 is 0 Å². The predicted octanol–water partition coefficient (Wildman–Crippen LogP) is 2.27. The van der Waals surface area contributed by atoms with Crippen LogP contribution in [0.2, 0.25) is 0 Å². The van der Waals surface area contributed by atoms with E-state index in [2.05, 4.69) is 15.5 Å². The molecule has 21 heavy (non-hydrogen) atoms. The smallest absolute Gasteiger partial charge is 0.343 e. The van der Waals surface area contributed by atoms with Crippen molar-refractivity contribution in [1.29, 1.82) is 5.26 Å². The molecule has 0 spiro atoms. The molecule has 2 heterocycles. The van der Waals surface area contributed by atoms with Crippen LogP contribution in [0.3, 0.4) is 0 Å². The summed E-state index contributed by atoms with van der Waals surface area (Å²) in [5.74, 6) is -0.533. The Labute approximate surface area is 125 Å². The van der Waals surface area contributed by atoms with Crippen LogP contribution in [-0.2, 0) is 4.74 Å². The van der Waals surface area contributed by atoms with Crippen molar-refractivity contribution in [3.63, 3.8) is 0 Å². The molecule has 4 N–H and O–H groups in total. The van der Waals surface area contributed by atoms with Gasteiger partial charge in [0.15, 0.2) is 0 Å². The molecular formula is C13H15N5O2S. The number of hydrogen-bond acceptors (Lipinski definition) is 7. The molecule has 0 radical (unpaired) electrons. The van der Waals surface area contributed by atoms with Gasteiger partial charge < -0.3 is 15.8 Å². The molecule has 0 bridgehead atoms. The van der Waals surface area contributed by atoms with Crippen molar-refractivity contribution < 1.29 is 9.53 Å². The number of nitrogens with one attached hydrogen (secondary N) is 2. The minimum Gasteiger partial charge on any atom is -0.462 e. The largest absolute Gasteiger partial charge is 0.462 e. The van der Waals surface area contributed by atoms with E-state index in [1.165, 1.54) is 0 Å². The molecule has 0 amide bonds. The van der Waals surface area contributed by atoms with Gasteiger partial charge in [-0.1, -0.05) is 0 Å². The molecule has 0 aliphatic carbocycles. The number of nitrogen functional groups attached to an aromatic ring is 1. The number of esters is 1. The van der Waals surface area contributed by atoms with Gasteiger partial charge in [0.05, 0.1) is 24.5 Å². The van der Waals surface area contributed by atoms with Crippen LogP contribution in [0.1, 0.15) is 40.7 Å². The average molecular weight is 305 g/mol. The molecule has 0 aliphatic heterocycles. The average Bonchev–Trinajstić information content (AvgIpc) is 3.07. The molecule has 0 saturated heterocycles. The molecule has 0 aliphatic rings. The van der Waals surface area contributed by atoms with E-state index in [1.54, 1.807) is 19.3 Å². The quantitative estimate of drug-likeness (QED) is 0.729. The highest BCUT2D eigenvalue weighted by atomic mass is 32.1. The Morgan fingerprint density at radius 2 is 2.48 bits per heavy atom. The number of nitriles is 1. The molecule has 2 rings (SSSR count). The fraction of sp³-hybridized carbons (Fsp3) is 0.308. The summed E-state index contributed by atoms with van der Waals surface area (Å²) in [5, 5.41) is 19.4. The minimum atomic E-state index is -0.533. The van der Waals surface area contributed by atoms with Gasteiger partial charge in [-0.15, -0.1) is 11.3 Å². The second-order valence-electron chi connectivity index (χ2n) is 4.28. The maximum Gasteiger partial charge on any atom is 0.343 e. The van der Waals surface area contributed by atoms with Gasteiger partial charge in [-0.05, 0) is 13.8 Å². The first-order chi connectivity index (χ1) is 10.1. The summed E-state index contributed by atoms with van der Waals surface area (Å²) in [4.78, 5) is 12.3. The summed E-state index contributed by atoms with van der Waals surface area (Å²) in [6.07, 6.45) is 3.44. The number of hydrogen-bond donors (Lipinski definition) is 3. The van der Waals surface area contributed by atoms with E-state index in [-0.39, 0.29) is 23.9 Å². The Hall–Kier alpha value is -2.53.